The quantitative estimate of drug-likeness (QED) is 0.608. The lowest BCUT2D eigenvalue weighted by molar-refractivity contribution is -0.856. The zero-order valence-electron chi connectivity index (χ0n) is 12.0. The molecule has 0 atom stereocenters. The number of hydrogen-bond acceptors (Lipinski definition) is 2. The van der Waals surface area contributed by atoms with Gasteiger partial charge in [0.2, 0.25) is 0 Å². The number of quaternary nitrogens is 1. The predicted molar refractivity (Wildman–Crippen MR) is 83.0 cm³/mol. The number of thiocarbonyl (C=S) groups is 1. The van der Waals surface area contributed by atoms with Crippen molar-refractivity contribution in [2.24, 2.45) is 0 Å². The van der Waals surface area contributed by atoms with Crippen LogP contribution in [0.5, 0.6) is 5.75 Å². The lowest BCUT2D eigenvalue weighted by Gasteiger charge is -2.13. The Balaban J connectivity index is 2.24. The smallest absolute Gasteiger partial charge is 0.166 e. The molecule has 0 saturated carbocycles. The molecule has 106 valence electrons. The van der Waals surface area contributed by atoms with E-state index in [1.807, 2.05) is 18.2 Å². The Bertz CT molecular complexity index is 396. The molecule has 0 aliphatic rings. The van der Waals surface area contributed by atoms with Crippen molar-refractivity contribution in [2.45, 2.75) is 6.42 Å². The van der Waals surface area contributed by atoms with Crippen molar-refractivity contribution >= 4 is 17.3 Å². The van der Waals surface area contributed by atoms with Crippen LogP contribution in [0.15, 0.2) is 24.3 Å². The standard InChI is InChI=1S/C14H23N3OS/c1-17(2)11-10-16-14(19)15-9-8-12-6-4-5-7-13(12)18-3/h4-7H,8-11H2,1-3H3,(H2,15,16,19)/p+1. The van der Waals surface area contributed by atoms with Gasteiger partial charge in [-0.2, -0.15) is 0 Å². The molecule has 0 saturated heterocycles. The molecule has 0 amide bonds. The van der Waals surface area contributed by atoms with Crippen molar-refractivity contribution in [3.63, 3.8) is 0 Å². The maximum atomic E-state index is 5.32. The van der Waals surface area contributed by atoms with Gasteiger partial charge in [0.05, 0.1) is 34.3 Å². The van der Waals surface area contributed by atoms with Gasteiger partial charge in [-0.25, -0.2) is 0 Å². The van der Waals surface area contributed by atoms with E-state index >= 15 is 0 Å². The molecule has 0 heterocycles. The van der Waals surface area contributed by atoms with Crippen molar-refractivity contribution < 1.29 is 9.64 Å². The fourth-order valence-electron chi connectivity index (χ4n) is 1.71. The second-order valence-electron chi connectivity index (χ2n) is 4.70. The maximum Gasteiger partial charge on any atom is 0.166 e. The summed E-state index contributed by atoms with van der Waals surface area (Å²) < 4.78 is 5.32. The maximum absolute atomic E-state index is 5.32. The number of hydrogen-bond donors (Lipinski definition) is 3. The van der Waals surface area contributed by atoms with Crippen LogP contribution in [0.4, 0.5) is 0 Å². The molecule has 0 unspecified atom stereocenters. The molecule has 19 heavy (non-hydrogen) atoms. The number of ether oxygens (including phenoxy) is 1. The van der Waals surface area contributed by atoms with Gasteiger partial charge >= 0.3 is 0 Å². The van der Waals surface area contributed by atoms with Crippen LogP contribution in [-0.4, -0.2) is 46.0 Å². The molecular formula is C14H24N3OS+. The van der Waals surface area contributed by atoms with E-state index in [9.17, 15) is 0 Å². The van der Waals surface area contributed by atoms with Crippen LogP contribution in [0.3, 0.4) is 0 Å². The molecule has 4 nitrogen and oxygen atoms in total. The number of methoxy groups -OCH3 is 1. The van der Waals surface area contributed by atoms with E-state index in [0.29, 0.717) is 0 Å². The Kier molecular flexibility index (Phi) is 7.22. The SMILES string of the molecule is COc1ccccc1CCNC(=S)NCC[NH+](C)C. The summed E-state index contributed by atoms with van der Waals surface area (Å²) in [5, 5.41) is 7.13. The van der Waals surface area contributed by atoms with Crippen molar-refractivity contribution in [1.82, 2.24) is 10.6 Å². The van der Waals surface area contributed by atoms with Crippen LogP contribution in [0.1, 0.15) is 5.56 Å². The van der Waals surface area contributed by atoms with Crippen LogP contribution in [0.25, 0.3) is 0 Å². The summed E-state index contributed by atoms with van der Waals surface area (Å²) in [6, 6.07) is 8.05. The summed E-state index contributed by atoms with van der Waals surface area (Å²) in [5.74, 6) is 0.930. The highest BCUT2D eigenvalue weighted by Crippen LogP contribution is 2.16. The minimum Gasteiger partial charge on any atom is -0.496 e. The number of rotatable bonds is 7. The van der Waals surface area contributed by atoms with E-state index in [-0.39, 0.29) is 0 Å². The molecule has 1 aromatic carbocycles. The Labute approximate surface area is 121 Å². The van der Waals surface area contributed by atoms with Crippen LogP contribution < -0.4 is 20.3 Å². The largest absolute Gasteiger partial charge is 0.496 e. The minimum absolute atomic E-state index is 0.719. The molecule has 0 radical (unpaired) electrons. The molecule has 1 aromatic rings. The van der Waals surface area contributed by atoms with Gasteiger partial charge < -0.3 is 20.3 Å². The number of likely N-dealkylation sites (N-methyl/N-ethyl adjacent to an activating group) is 1. The summed E-state index contributed by atoms with van der Waals surface area (Å²) in [6.45, 7) is 2.75. The molecule has 3 N–H and O–H groups in total. The normalized spacial score (nSPS) is 10.3. The lowest BCUT2D eigenvalue weighted by Crippen LogP contribution is -3.06. The zero-order chi connectivity index (χ0) is 14.1. The first-order chi connectivity index (χ1) is 9.13. The Morgan fingerprint density at radius 1 is 1.21 bits per heavy atom. The number of nitrogens with one attached hydrogen (secondary N) is 3. The monoisotopic (exact) mass is 282 g/mol. The first-order valence-electron chi connectivity index (χ1n) is 6.56. The fourth-order valence-corrected chi connectivity index (χ4v) is 1.91. The fraction of sp³-hybridized carbons (Fsp3) is 0.500. The first kappa shape index (κ1) is 15.7. The average molecular weight is 282 g/mol. The summed E-state index contributed by atoms with van der Waals surface area (Å²) in [6.07, 6.45) is 0.894. The van der Waals surface area contributed by atoms with Crippen molar-refractivity contribution in [3.05, 3.63) is 29.8 Å². The van der Waals surface area contributed by atoms with Crippen molar-refractivity contribution in [2.75, 3.05) is 40.8 Å². The van der Waals surface area contributed by atoms with Gasteiger partial charge in [-0.3, -0.25) is 0 Å². The van der Waals surface area contributed by atoms with Gasteiger partial charge in [0.25, 0.3) is 0 Å². The van der Waals surface area contributed by atoms with Crippen LogP contribution in [0, 0.1) is 0 Å². The minimum atomic E-state index is 0.719. The second-order valence-corrected chi connectivity index (χ2v) is 5.11. The van der Waals surface area contributed by atoms with E-state index in [1.54, 1.807) is 7.11 Å². The van der Waals surface area contributed by atoms with E-state index < -0.39 is 0 Å². The van der Waals surface area contributed by atoms with Gasteiger partial charge in [-0.1, -0.05) is 18.2 Å². The van der Waals surface area contributed by atoms with E-state index in [4.69, 9.17) is 17.0 Å². The van der Waals surface area contributed by atoms with Gasteiger partial charge in [0.15, 0.2) is 5.11 Å². The zero-order valence-corrected chi connectivity index (χ0v) is 12.8. The van der Waals surface area contributed by atoms with Crippen molar-refractivity contribution in [1.29, 1.82) is 0 Å². The molecule has 0 bridgehead atoms. The summed E-state index contributed by atoms with van der Waals surface area (Å²) in [4.78, 5) is 1.41. The van der Waals surface area contributed by atoms with Crippen LogP contribution in [-0.2, 0) is 6.42 Å². The van der Waals surface area contributed by atoms with Crippen LogP contribution >= 0.6 is 12.2 Å². The van der Waals surface area contributed by atoms with Gasteiger partial charge in [0, 0.05) is 6.54 Å². The highest BCUT2D eigenvalue weighted by molar-refractivity contribution is 7.80. The highest BCUT2D eigenvalue weighted by atomic mass is 32.1. The molecule has 0 aliphatic carbocycles. The second kappa shape index (κ2) is 8.72. The third kappa shape index (κ3) is 6.40. The van der Waals surface area contributed by atoms with Gasteiger partial charge in [0.1, 0.15) is 5.75 Å². The molecular weight excluding hydrogens is 258 g/mol. The third-order valence-electron chi connectivity index (χ3n) is 2.78. The first-order valence-corrected chi connectivity index (χ1v) is 6.97. The van der Waals surface area contributed by atoms with Gasteiger partial charge in [-0.05, 0) is 30.3 Å². The third-order valence-corrected chi connectivity index (χ3v) is 3.07. The molecule has 1 rings (SSSR count). The Hall–Kier alpha value is -1.33. The Morgan fingerprint density at radius 2 is 1.89 bits per heavy atom. The van der Waals surface area contributed by atoms with E-state index in [2.05, 4.69) is 30.8 Å². The topological polar surface area (TPSA) is 37.7 Å². The van der Waals surface area contributed by atoms with Crippen LogP contribution in [0.2, 0.25) is 0 Å². The molecule has 0 aromatic heterocycles. The number of benzene rings is 1. The van der Waals surface area contributed by atoms with Gasteiger partial charge in [-0.15, -0.1) is 0 Å². The predicted octanol–water partition coefficient (Wildman–Crippen LogP) is -0.154. The van der Waals surface area contributed by atoms with Crippen molar-refractivity contribution in [3.8, 4) is 5.75 Å². The molecule has 0 fully saturated rings. The number of para-hydroxylation sites is 1. The average Bonchev–Trinajstić information content (AvgIpc) is 2.39. The highest BCUT2D eigenvalue weighted by Gasteiger charge is 2.02. The summed E-state index contributed by atoms with van der Waals surface area (Å²) >= 11 is 5.22. The molecule has 0 aliphatic heterocycles. The summed E-state index contributed by atoms with van der Waals surface area (Å²) in [7, 11) is 5.95. The van der Waals surface area contributed by atoms with E-state index in [0.717, 1.165) is 36.9 Å². The lowest BCUT2D eigenvalue weighted by atomic mass is 10.1. The molecule has 5 heteroatoms. The Morgan fingerprint density at radius 3 is 2.58 bits per heavy atom. The molecule has 0 spiro atoms. The summed E-state index contributed by atoms with van der Waals surface area (Å²) in [5.41, 5.74) is 1.19. The van der Waals surface area contributed by atoms with E-state index in [1.165, 1.54) is 10.5 Å².